The van der Waals surface area contributed by atoms with Crippen LogP contribution in [0.4, 0.5) is 0 Å². The lowest BCUT2D eigenvalue weighted by Gasteiger charge is -2.05. The van der Waals surface area contributed by atoms with Gasteiger partial charge in [0.15, 0.2) is 5.69 Å². The van der Waals surface area contributed by atoms with Crippen molar-refractivity contribution in [1.29, 1.82) is 0 Å². The number of carbonyl (C=O) groups is 1. The topological polar surface area (TPSA) is 107 Å². The molecular weight excluding hydrogens is 270 g/mol. The second-order valence-corrected chi connectivity index (χ2v) is 4.18. The van der Waals surface area contributed by atoms with Crippen molar-refractivity contribution in [3.8, 4) is 22.9 Å². The summed E-state index contributed by atoms with van der Waals surface area (Å²) in [5.41, 5.74) is 6.40. The van der Waals surface area contributed by atoms with Crippen molar-refractivity contribution >= 4 is 5.91 Å². The van der Waals surface area contributed by atoms with Crippen LogP contribution in [0, 0.1) is 0 Å². The number of primary amides is 1. The molecule has 1 aromatic carbocycles. The number of aromatic nitrogens is 4. The third kappa shape index (κ3) is 2.71. The molecule has 0 saturated heterocycles. The monoisotopic (exact) mass is 281 g/mol. The number of aromatic amines is 1. The SMILES string of the molecule is NC(=O)c1n[nH]nc1-c1cccc(Oc2ccccn2)c1. The summed E-state index contributed by atoms with van der Waals surface area (Å²) in [5, 5.41) is 10.1. The van der Waals surface area contributed by atoms with E-state index in [4.69, 9.17) is 10.5 Å². The standard InChI is InChI=1S/C14H11N5O2/c15-14(20)13-12(17-19-18-13)9-4-3-5-10(8-9)21-11-6-1-2-7-16-11/h1-8H,(H2,15,20)(H,17,18,19). The van der Waals surface area contributed by atoms with Crippen LogP contribution >= 0.6 is 0 Å². The van der Waals surface area contributed by atoms with E-state index in [1.807, 2.05) is 6.07 Å². The van der Waals surface area contributed by atoms with Crippen molar-refractivity contribution in [2.75, 3.05) is 0 Å². The fourth-order valence-electron chi connectivity index (χ4n) is 1.84. The van der Waals surface area contributed by atoms with Crippen LogP contribution in [0.25, 0.3) is 11.3 Å². The smallest absolute Gasteiger partial charge is 0.271 e. The summed E-state index contributed by atoms with van der Waals surface area (Å²) in [7, 11) is 0. The van der Waals surface area contributed by atoms with Crippen molar-refractivity contribution in [1.82, 2.24) is 20.4 Å². The third-order valence-electron chi connectivity index (χ3n) is 2.75. The normalized spacial score (nSPS) is 10.3. The number of amides is 1. The first-order valence-electron chi connectivity index (χ1n) is 6.14. The van der Waals surface area contributed by atoms with Crippen molar-refractivity contribution in [2.45, 2.75) is 0 Å². The van der Waals surface area contributed by atoms with E-state index >= 15 is 0 Å². The summed E-state index contributed by atoms with van der Waals surface area (Å²) in [5.74, 6) is 0.407. The van der Waals surface area contributed by atoms with Crippen molar-refractivity contribution in [3.05, 3.63) is 54.4 Å². The van der Waals surface area contributed by atoms with Crippen molar-refractivity contribution in [2.24, 2.45) is 5.73 Å². The average molecular weight is 281 g/mol. The molecule has 104 valence electrons. The average Bonchev–Trinajstić information content (AvgIpc) is 2.98. The van der Waals surface area contributed by atoms with Gasteiger partial charge < -0.3 is 10.5 Å². The predicted octanol–water partition coefficient (Wildman–Crippen LogP) is 1.76. The quantitative estimate of drug-likeness (QED) is 0.757. The Labute approximate surface area is 119 Å². The number of ether oxygens (including phenoxy) is 1. The first kappa shape index (κ1) is 12.8. The van der Waals surface area contributed by atoms with E-state index in [9.17, 15) is 4.79 Å². The summed E-state index contributed by atoms with van der Waals surface area (Å²) < 4.78 is 5.63. The maximum absolute atomic E-state index is 11.3. The Kier molecular flexibility index (Phi) is 3.30. The van der Waals surface area contributed by atoms with E-state index in [0.29, 0.717) is 22.9 Å². The Morgan fingerprint density at radius 1 is 1.14 bits per heavy atom. The first-order chi connectivity index (χ1) is 10.2. The van der Waals surface area contributed by atoms with Gasteiger partial charge in [0.2, 0.25) is 5.88 Å². The molecule has 0 bridgehead atoms. The van der Waals surface area contributed by atoms with E-state index in [1.54, 1.807) is 42.6 Å². The van der Waals surface area contributed by atoms with Gasteiger partial charge in [0.1, 0.15) is 11.4 Å². The lowest BCUT2D eigenvalue weighted by atomic mass is 10.1. The number of benzene rings is 1. The van der Waals surface area contributed by atoms with Gasteiger partial charge in [-0.1, -0.05) is 18.2 Å². The van der Waals surface area contributed by atoms with E-state index in [0.717, 1.165) is 0 Å². The summed E-state index contributed by atoms with van der Waals surface area (Å²) >= 11 is 0. The summed E-state index contributed by atoms with van der Waals surface area (Å²) in [6, 6.07) is 12.5. The molecule has 0 aliphatic rings. The molecular formula is C14H11N5O2. The third-order valence-corrected chi connectivity index (χ3v) is 2.75. The number of hydrogen-bond donors (Lipinski definition) is 2. The zero-order valence-electron chi connectivity index (χ0n) is 10.9. The maximum atomic E-state index is 11.3. The van der Waals surface area contributed by atoms with Gasteiger partial charge in [-0.3, -0.25) is 4.79 Å². The summed E-state index contributed by atoms with van der Waals surface area (Å²) in [6.45, 7) is 0. The molecule has 7 nitrogen and oxygen atoms in total. The zero-order chi connectivity index (χ0) is 14.7. The number of carbonyl (C=O) groups excluding carboxylic acids is 1. The van der Waals surface area contributed by atoms with E-state index in [-0.39, 0.29) is 5.69 Å². The van der Waals surface area contributed by atoms with Gasteiger partial charge in [-0.2, -0.15) is 15.4 Å². The Balaban J connectivity index is 1.93. The lowest BCUT2D eigenvalue weighted by Crippen LogP contribution is -2.12. The highest BCUT2D eigenvalue weighted by Gasteiger charge is 2.15. The molecule has 3 aromatic rings. The number of nitrogens with two attached hydrogens (primary N) is 1. The summed E-state index contributed by atoms with van der Waals surface area (Å²) in [6.07, 6.45) is 1.64. The molecule has 0 spiro atoms. The van der Waals surface area contributed by atoms with E-state index < -0.39 is 5.91 Å². The van der Waals surface area contributed by atoms with E-state index in [1.165, 1.54) is 0 Å². The molecule has 7 heteroatoms. The van der Waals surface area contributed by atoms with Gasteiger partial charge in [-0.15, -0.1) is 0 Å². The highest BCUT2D eigenvalue weighted by Crippen LogP contribution is 2.26. The van der Waals surface area contributed by atoms with Gasteiger partial charge in [-0.05, 0) is 18.2 Å². The largest absolute Gasteiger partial charge is 0.439 e. The van der Waals surface area contributed by atoms with Gasteiger partial charge >= 0.3 is 0 Å². The molecule has 2 heterocycles. The molecule has 21 heavy (non-hydrogen) atoms. The lowest BCUT2D eigenvalue weighted by molar-refractivity contribution is 0.0996. The van der Waals surface area contributed by atoms with Crippen LogP contribution in [0.15, 0.2) is 48.7 Å². The van der Waals surface area contributed by atoms with Crippen LogP contribution in [-0.4, -0.2) is 26.3 Å². The molecule has 0 aliphatic carbocycles. The predicted molar refractivity (Wildman–Crippen MR) is 74.6 cm³/mol. The van der Waals surface area contributed by atoms with Crippen LogP contribution in [0.5, 0.6) is 11.6 Å². The Bertz CT molecular complexity index is 770. The molecule has 0 aliphatic heterocycles. The number of rotatable bonds is 4. The van der Waals surface area contributed by atoms with Crippen LogP contribution in [0.1, 0.15) is 10.5 Å². The number of nitrogens with zero attached hydrogens (tertiary/aromatic N) is 3. The molecule has 3 N–H and O–H groups in total. The number of H-pyrrole nitrogens is 1. The van der Waals surface area contributed by atoms with Gasteiger partial charge in [0.25, 0.3) is 5.91 Å². The number of pyridine rings is 1. The van der Waals surface area contributed by atoms with Crippen LogP contribution in [-0.2, 0) is 0 Å². The maximum Gasteiger partial charge on any atom is 0.271 e. The highest BCUT2D eigenvalue weighted by molar-refractivity contribution is 5.96. The molecule has 0 saturated carbocycles. The molecule has 2 aromatic heterocycles. The van der Waals surface area contributed by atoms with Gasteiger partial charge in [0.05, 0.1) is 0 Å². The molecule has 1 amide bonds. The highest BCUT2D eigenvalue weighted by atomic mass is 16.5. The minimum absolute atomic E-state index is 0.0880. The fourth-order valence-corrected chi connectivity index (χ4v) is 1.84. The molecule has 0 radical (unpaired) electrons. The molecule has 0 atom stereocenters. The van der Waals surface area contributed by atoms with E-state index in [2.05, 4.69) is 20.4 Å². The van der Waals surface area contributed by atoms with Crippen molar-refractivity contribution in [3.63, 3.8) is 0 Å². The molecule has 0 fully saturated rings. The number of hydrogen-bond acceptors (Lipinski definition) is 5. The number of nitrogens with one attached hydrogen (secondary N) is 1. The molecule has 3 rings (SSSR count). The Morgan fingerprint density at radius 2 is 2.05 bits per heavy atom. The second kappa shape index (κ2) is 5.41. The van der Waals surface area contributed by atoms with Gasteiger partial charge in [0, 0.05) is 17.8 Å². The Hall–Kier alpha value is -3.22. The van der Waals surface area contributed by atoms with Crippen LogP contribution < -0.4 is 10.5 Å². The second-order valence-electron chi connectivity index (χ2n) is 4.18. The minimum Gasteiger partial charge on any atom is -0.439 e. The fraction of sp³-hybridized carbons (Fsp3) is 0. The van der Waals surface area contributed by atoms with Gasteiger partial charge in [-0.25, -0.2) is 4.98 Å². The first-order valence-corrected chi connectivity index (χ1v) is 6.14. The van der Waals surface area contributed by atoms with Crippen LogP contribution in [0.2, 0.25) is 0 Å². The zero-order valence-corrected chi connectivity index (χ0v) is 10.9. The summed E-state index contributed by atoms with van der Waals surface area (Å²) in [4.78, 5) is 15.4. The van der Waals surface area contributed by atoms with Crippen LogP contribution in [0.3, 0.4) is 0 Å². The molecule has 0 unspecified atom stereocenters. The van der Waals surface area contributed by atoms with Crippen molar-refractivity contribution < 1.29 is 9.53 Å². The Morgan fingerprint density at radius 3 is 2.81 bits per heavy atom. The minimum atomic E-state index is -0.644.